The van der Waals surface area contributed by atoms with Gasteiger partial charge in [-0.2, -0.15) is 0 Å². The van der Waals surface area contributed by atoms with Gasteiger partial charge in [0, 0.05) is 18.7 Å². The van der Waals surface area contributed by atoms with Crippen LogP contribution in [0.1, 0.15) is 19.3 Å². The molecule has 0 atom stereocenters. The van der Waals surface area contributed by atoms with Gasteiger partial charge in [0.1, 0.15) is 11.6 Å². The number of nitrogens with one attached hydrogen (secondary N) is 1. The van der Waals surface area contributed by atoms with E-state index in [2.05, 4.69) is 26.4 Å². The maximum Gasteiger partial charge on any atom is 0.139 e. The van der Waals surface area contributed by atoms with Crippen molar-refractivity contribution < 1.29 is 9.94 Å². The molecule has 1 rings (SSSR count). The molecule has 0 bridgehead atoms. The minimum absolute atomic E-state index is 0.280. The minimum atomic E-state index is 0.280. The first-order valence-corrected chi connectivity index (χ1v) is 6.50. The highest BCUT2D eigenvalue weighted by atomic mass is 79.9. The van der Waals surface area contributed by atoms with Crippen LogP contribution in [0.15, 0.2) is 27.8 Å². The normalized spacial score (nSPS) is 11.3. The predicted octanol–water partition coefficient (Wildman–Crippen LogP) is 2.79. The Kier molecular flexibility index (Phi) is 6.35. The van der Waals surface area contributed by atoms with E-state index < -0.39 is 0 Å². The monoisotopic (exact) mass is 315 g/mol. The van der Waals surface area contributed by atoms with E-state index in [0.717, 1.165) is 35.3 Å². The fourth-order valence-corrected chi connectivity index (χ4v) is 2.03. The molecular weight excluding hydrogens is 298 g/mol. The van der Waals surface area contributed by atoms with E-state index in [4.69, 9.17) is 15.7 Å². The number of methoxy groups -OCH3 is 1. The van der Waals surface area contributed by atoms with Crippen molar-refractivity contribution in [1.82, 2.24) is 0 Å². The highest BCUT2D eigenvalue weighted by Gasteiger charge is 2.00. The number of hydrogen-bond donors (Lipinski definition) is 3. The summed E-state index contributed by atoms with van der Waals surface area (Å²) in [5, 5.41) is 14.6. The summed E-state index contributed by atoms with van der Waals surface area (Å²) in [7, 11) is 1.64. The number of amidine groups is 1. The third-order valence-corrected chi connectivity index (χ3v) is 3.09. The van der Waals surface area contributed by atoms with Crippen LogP contribution in [0.2, 0.25) is 0 Å². The Morgan fingerprint density at radius 2 is 2.28 bits per heavy atom. The summed E-state index contributed by atoms with van der Waals surface area (Å²) in [6.45, 7) is 0.845. The smallest absolute Gasteiger partial charge is 0.139 e. The quantitative estimate of drug-likeness (QED) is 0.238. The number of nitrogens with zero attached hydrogens (tertiary/aromatic N) is 1. The largest absolute Gasteiger partial charge is 0.496 e. The van der Waals surface area contributed by atoms with E-state index in [1.807, 2.05) is 18.2 Å². The Balaban J connectivity index is 2.29. The van der Waals surface area contributed by atoms with E-state index in [1.165, 1.54) is 0 Å². The van der Waals surface area contributed by atoms with E-state index in [1.54, 1.807) is 7.11 Å². The molecule has 0 spiro atoms. The number of hydrogen-bond acceptors (Lipinski definition) is 4. The molecule has 18 heavy (non-hydrogen) atoms. The lowest BCUT2D eigenvalue weighted by Gasteiger charge is -2.08. The van der Waals surface area contributed by atoms with Gasteiger partial charge in [0.15, 0.2) is 0 Å². The van der Waals surface area contributed by atoms with Crippen LogP contribution < -0.4 is 15.8 Å². The second kappa shape index (κ2) is 7.81. The molecule has 1 aromatic rings. The Morgan fingerprint density at radius 3 is 2.89 bits per heavy atom. The van der Waals surface area contributed by atoms with Crippen LogP contribution in [0.3, 0.4) is 0 Å². The average Bonchev–Trinajstić information content (AvgIpc) is 2.38. The summed E-state index contributed by atoms with van der Waals surface area (Å²) in [5.41, 5.74) is 6.41. The SMILES string of the molecule is COc1ccc(NCCCCC(N)=NO)cc1Br. The third kappa shape index (κ3) is 4.83. The predicted molar refractivity (Wildman–Crippen MR) is 76.4 cm³/mol. The first kappa shape index (κ1) is 14.6. The van der Waals surface area contributed by atoms with Crippen molar-refractivity contribution in [2.45, 2.75) is 19.3 Å². The molecule has 0 unspecified atom stereocenters. The zero-order chi connectivity index (χ0) is 13.4. The first-order valence-electron chi connectivity index (χ1n) is 5.71. The molecule has 0 aliphatic heterocycles. The van der Waals surface area contributed by atoms with Crippen molar-refractivity contribution in [2.24, 2.45) is 10.9 Å². The van der Waals surface area contributed by atoms with Crippen molar-refractivity contribution in [3.05, 3.63) is 22.7 Å². The van der Waals surface area contributed by atoms with Gasteiger partial charge in [-0.05, 0) is 47.0 Å². The minimum Gasteiger partial charge on any atom is -0.496 e. The van der Waals surface area contributed by atoms with Crippen molar-refractivity contribution in [3.63, 3.8) is 0 Å². The van der Waals surface area contributed by atoms with Gasteiger partial charge in [0.05, 0.1) is 11.6 Å². The number of oxime groups is 1. The molecular formula is C12H18BrN3O2. The van der Waals surface area contributed by atoms with Crippen LogP contribution in [0.5, 0.6) is 5.75 Å². The average molecular weight is 316 g/mol. The van der Waals surface area contributed by atoms with E-state index in [0.29, 0.717) is 6.42 Å². The highest BCUT2D eigenvalue weighted by Crippen LogP contribution is 2.27. The number of halogens is 1. The fraction of sp³-hybridized carbons (Fsp3) is 0.417. The number of anilines is 1. The number of unbranched alkanes of at least 4 members (excludes halogenated alkanes) is 1. The molecule has 0 aliphatic rings. The molecule has 1 aromatic carbocycles. The standard InChI is InChI=1S/C12H18BrN3O2/c1-18-11-6-5-9(8-10(11)13)15-7-3-2-4-12(14)16-17/h5-6,8,15,17H,2-4,7H2,1H3,(H2,14,16). The topological polar surface area (TPSA) is 79.9 Å². The highest BCUT2D eigenvalue weighted by molar-refractivity contribution is 9.10. The Morgan fingerprint density at radius 1 is 1.50 bits per heavy atom. The Bertz CT molecular complexity index is 410. The number of nitrogens with two attached hydrogens (primary N) is 1. The van der Waals surface area contributed by atoms with Crippen LogP contribution in [0.4, 0.5) is 5.69 Å². The third-order valence-electron chi connectivity index (χ3n) is 2.47. The lowest BCUT2D eigenvalue weighted by Crippen LogP contribution is -2.11. The van der Waals surface area contributed by atoms with Crippen molar-refractivity contribution >= 4 is 27.5 Å². The second-order valence-corrected chi connectivity index (χ2v) is 4.68. The lowest BCUT2D eigenvalue weighted by atomic mass is 10.2. The summed E-state index contributed by atoms with van der Waals surface area (Å²) in [6.07, 6.45) is 2.46. The fourth-order valence-electron chi connectivity index (χ4n) is 1.49. The molecule has 0 saturated heterocycles. The van der Waals surface area contributed by atoms with Gasteiger partial charge in [-0.25, -0.2) is 0 Å². The van der Waals surface area contributed by atoms with Crippen LogP contribution in [-0.2, 0) is 0 Å². The molecule has 0 radical (unpaired) electrons. The number of rotatable bonds is 7. The summed E-state index contributed by atoms with van der Waals surface area (Å²) < 4.78 is 6.08. The molecule has 6 heteroatoms. The molecule has 4 N–H and O–H groups in total. The van der Waals surface area contributed by atoms with E-state index >= 15 is 0 Å². The van der Waals surface area contributed by atoms with Crippen LogP contribution in [-0.4, -0.2) is 24.7 Å². The molecule has 0 saturated carbocycles. The first-order chi connectivity index (χ1) is 8.67. The maximum atomic E-state index is 8.38. The van der Waals surface area contributed by atoms with Gasteiger partial charge >= 0.3 is 0 Å². The number of benzene rings is 1. The Hall–Kier alpha value is -1.43. The number of ether oxygens (including phenoxy) is 1. The summed E-state index contributed by atoms with van der Waals surface area (Å²) >= 11 is 3.43. The van der Waals surface area contributed by atoms with Crippen molar-refractivity contribution in [2.75, 3.05) is 19.0 Å². The summed E-state index contributed by atoms with van der Waals surface area (Å²) in [6, 6.07) is 5.85. The molecule has 0 heterocycles. The van der Waals surface area contributed by atoms with Crippen molar-refractivity contribution in [1.29, 1.82) is 0 Å². The molecule has 5 nitrogen and oxygen atoms in total. The van der Waals surface area contributed by atoms with Gasteiger partial charge in [0.25, 0.3) is 0 Å². The molecule has 0 aliphatic carbocycles. The second-order valence-electron chi connectivity index (χ2n) is 3.82. The molecule has 100 valence electrons. The van der Waals surface area contributed by atoms with Gasteiger partial charge in [-0.15, -0.1) is 0 Å². The van der Waals surface area contributed by atoms with Crippen LogP contribution >= 0.6 is 15.9 Å². The van der Waals surface area contributed by atoms with Gasteiger partial charge in [-0.1, -0.05) is 5.16 Å². The van der Waals surface area contributed by atoms with Gasteiger partial charge in [-0.3, -0.25) is 0 Å². The zero-order valence-corrected chi connectivity index (χ0v) is 11.9. The van der Waals surface area contributed by atoms with E-state index in [9.17, 15) is 0 Å². The lowest BCUT2D eigenvalue weighted by molar-refractivity contribution is 0.316. The van der Waals surface area contributed by atoms with E-state index in [-0.39, 0.29) is 5.84 Å². The van der Waals surface area contributed by atoms with Crippen LogP contribution in [0.25, 0.3) is 0 Å². The summed E-state index contributed by atoms with van der Waals surface area (Å²) in [4.78, 5) is 0. The van der Waals surface area contributed by atoms with Crippen molar-refractivity contribution in [3.8, 4) is 5.75 Å². The Labute approximate surface area is 115 Å². The van der Waals surface area contributed by atoms with Gasteiger partial charge < -0.3 is 21.0 Å². The zero-order valence-electron chi connectivity index (χ0n) is 10.3. The maximum absolute atomic E-state index is 8.38. The molecule has 0 amide bonds. The molecule has 0 aromatic heterocycles. The van der Waals surface area contributed by atoms with Gasteiger partial charge in [0.2, 0.25) is 0 Å². The van der Waals surface area contributed by atoms with Crippen LogP contribution in [0, 0.1) is 0 Å². The summed E-state index contributed by atoms with van der Waals surface area (Å²) in [5.74, 6) is 1.09. The molecule has 0 fully saturated rings.